The Bertz CT molecular complexity index is 911. The van der Waals surface area contributed by atoms with E-state index in [-0.39, 0.29) is 17.9 Å². The predicted molar refractivity (Wildman–Crippen MR) is 119 cm³/mol. The fourth-order valence-electron chi connectivity index (χ4n) is 4.03. The van der Waals surface area contributed by atoms with Crippen LogP contribution in [-0.2, 0) is 0 Å². The predicted octanol–water partition coefficient (Wildman–Crippen LogP) is 6.60. The Kier molecular flexibility index (Phi) is 6.36. The third kappa shape index (κ3) is 4.73. The van der Waals surface area contributed by atoms with Gasteiger partial charge in [0.2, 0.25) is 0 Å². The number of halogens is 1. The van der Waals surface area contributed by atoms with Gasteiger partial charge in [0, 0.05) is 29.3 Å². The van der Waals surface area contributed by atoms with E-state index in [1.807, 2.05) is 24.3 Å². The smallest absolute Gasteiger partial charge is 0.168 e. The summed E-state index contributed by atoms with van der Waals surface area (Å²) in [5.41, 5.74) is 2.06. The summed E-state index contributed by atoms with van der Waals surface area (Å²) in [4.78, 5) is 4.52. The van der Waals surface area contributed by atoms with Crippen molar-refractivity contribution in [3.8, 4) is 11.5 Å². The molecule has 2 aliphatic carbocycles. The summed E-state index contributed by atoms with van der Waals surface area (Å²) < 4.78 is 11.9. The summed E-state index contributed by atoms with van der Waals surface area (Å²) in [6.45, 7) is 0. The molecular formula is C25H26ClNO2. The zero-order chi connectivity index (χ0) is 20.1. The minimum Gasteiger partial charge on any atom is -0.493 e. The molecule has 0 saturated heterocycles. The summed E-state index contributed by atoms with van der Waals surface area (Å²) in [6.07, 6.45) is 19.6. The molecule has 3 nitrogen and oxygen atoms in total. The molecule has 4 heteroatoms. The van der Waals surface area contributed by atoms with Crippen LogP contribution in [0.1, 0.15) is 42.9 Å². The Morgan fingerprint density at radius 3 is 2.66 bits per heavy atom. The maximum atomic E-state index is 6.36. The van der Waals surface area contributed by atoms with Gasteiger partial charge >= 0.3 is 0 Å². The van der Waals surface area contributed by atoms with Crippen LogP contribution in [-0.4, -0.2) is 18.2 Å². The monoisotopic (exact) mass is 407 g/mol. The molecule has 29 heavy (non-hydrogen) atoms. The number of nitrogens with zero attached hydrogens (tertiary/aromatic N) is 1. The standard InChI is InChI=1S/C25H26ClNO2/c1-28-24-12-6-8-19(25(24)29-21-9-3-4-10-21)14-13-18-7-2-5-11-22(18)23-16-15-20(26)17-27-23/h2,5-8,11-18,21-22H,3-4,9-10H2,1H3/b14-13+. The van der Waals surface area contributed by atoms with E-state index in [0.717, 1.165) is 35.6 Å². The lowest BCUT2D eigenvalue weighted by Gasteiger charge is -2.21. The molecule has 4 rings (SSSR count). The Morgan fingerprint density at radius 2 is 1.90 bits per heavy atom. The van der Waals surface area contributed by atoms with E-state index >= 15 is 0 Å². The van der Waals surface area contributed by atoms with Crippen molar-refractivity contribution in [3.05, 3.63) is 83.2 Å². The van der Waals surface area contributed by atoms with Gasteiger partial charge in [-0.2, -0.15) is 0 Å². The lowest BCUT2D eigenvalue weighted by Crippen LogP contribution is -2.12. The van der Waals surface area contributed by atoms with Gasteiger partial charge in [-0.25, -0.2) is 0 Å². The maximum absolute atomic E-state index is 6.36. The second-order valence-corrected chi connectivity index (χ2v) is 7.97. The van der Waals surface area contributed by atoms with Gasteiger partial charge < -0.3 is 9.47 Å². The third-order valence-electron chi connectivity index (χ3n) is 5.58. The molecule has 0 spiro atoms. The first-order chi connectivity index (χ1) is 14.2. The Labute approximate surface area is 177 Å². The van der Waals surface area contributed by atoms with Crippen molar-refractivity contribution in [2.24, 2.45) is 5.92 Å². The molecule has 0 N–H and O–H groups in total. The van der Waals surface area contributed by atoms with Crippen LogP contribution in [0.3, 0.4) is 0 Å². The number of ether oxygens (including phenoxy) is 2. The summed E-state index contributed by atoms with van der Waals surface area (Å²) in [5.74, 6) is 2.02. The fraction of sp³-hybridized carbons (Fsp3) is 0.320. The van der Waals surface area contributed by atoms with Crippen LogP contribution in [0.4, 0.5) is 0 Å². The van der Waals surface area contributed by atoms with Crippen molar-refractivity contribution in [1.82, 2.24) is 4.98 Å². The number of allylic oxidation sites excluding steroid dienone is 5. The van der Waals surface area contributed by atoms with Crippen molar-refractivity contribution in [3.63, 3.8) is 0 Å². The Morgan fingerprint density at radius 1 is 1.07 bits per heavy atom. The molecule has 1 heterocycles. The molecule has 0 radical (unpaired) electrons. The first-order valence-electron chi connectivity index (χ1n) is 10.2. The van der Waals surface area contributed by atoms with Gasteiger partial charge in [0.1, 0.15) is 0 Å². The molecule has 0 bridgehead atoms. The second kappa shape index (κ2) is 9.32. The van der Waals surface area contributed by atoms with Gasteiger partial charge in [0.15, 0.2) is 11.5 Å². The van der Waals surface area contributed by atoms with E-state index in [1.54, 1.807) is 13.3 Å². The van der Waals surface area contributed by atoms with E-state index in [2.05, 4.69) is 47.5 Å². The number of para-hydroxylation sites is 1. The summed E-state index contributed by atoms with van der Waals surface area (Å²) in [5, 5.41) is 0.654. The number of hydrogen-bond acceptors (Lipinski definition) is 3. The lowest BCUT2D eigenvalue weighted by molar-refractivity contribution is 0.200. The van der Waals surface area contributed by atoms with Crippen LogP contribution in [0.15, 0.2) is 66.9 Å². The van der Waals surface area contributed by atoms with Crippen molar-refractivity contribution in [1.29, 1.82) is 0 Å². The van der Waals surface area contributed by atoms with Crippen molar-refractivity contribution in [2.75, 3.05) is 7.11 Å². The maximum Gasteiger partial charge on any atom is 0.168 e. The molecule has 1 aromatic heterocycles. The molecule has 2 aliphatic rings. The largest absolute Gasteiger partial charge is 0.493 e. The minimum absolute atomic E-state index is 0.179. The fourth-order valence-corrected chi connectivity index (χ4v) is 4.14. The molecule has 0 aliphatic heterocycles. The highest BCUT2D eigenvalue weighted by molar-refractivity contribution is 6.30. The van der Waals surface area contributed by atoms with Crippen LogP contribution < -0.4 is 9.47 Å². The van der Waals surface area contributed by atoms with Gasteiger partial charge in [0.05, 0.1) is 18.2 Å². The van der Waals surface area contributed by atoms with Gasteiger partial charge in [-0.05, 0) is 43.9 Å². The number of methoxy groups -OCH3 is 1. The van der Waals surface area contributed by atoms with E-state index in [0.29, 0.717) is 5.02 Å². The van der Waals surface area contributed by atoms with Crippen LogP contribution in [0.5, 0.6) is 11.5 Å². The van der Waals surface area contributed by atoms with Crippen LogP contribution in [0, 0.1) is 5.92 Å². The molecule has 0 amide bonds. The number of pyridine rings is 1. The zero-order valence-electron chi connectivity index (χ0n) is 16.6. The van der Waals surface area contributed by atoms with Gasteiger partial charge in [-0.15, -0.1) is 0 Å². The number of benzene rings is 1. The Hall–Kier alpha value is -2.52. The van der Waals surface area contributed by atoms with Gasteiger partial charge in [0.25, 0.3) is 0 Å². The number of aromatic nitrogens is 1. The average Bonchev–Trinajstić information content (AvgIpc) is 3.27. The summed E-state index contributed by atoms with van der Waals surface area (Å²) in [6, 6.07) is 9.95. The van der Waals surface area contributed by atoms with Crippen LogP contribution >= 0.6 is 11.6 Å². The molecule has 2 aromatic rings. The van der Waals surface area contributed by atoms with Crippen LogP contribution in [0.25, 0.3) is 6.08 Å². The molecule has 2 atom stereocenters. The summed E-state index contributed by atoms with van der Waals surface area (Å²) >= 11 is 6.01. The molecule has 1 saturated carbocycles. The minimum atomic E-state index is 0.179. The van der Waals surface area contributed by atoms with Crippen molar-refractivity contribution >= 4 is 17.7 Å². The van der Waals surface area contributed by atoms with Crippen molar-refractivity contribution < 1.29 is 9.47 Å². The molecular weight excluding hydrogens is 382 g/mol. The van der Waals surface area contributed by atoms with Crippen LogP contribution in [0.2, 0.25) is 5.02 Å². The molecule has 1 fully saturated rings. The number of hydrogen-bond donors (Lipinski definition) is 0. The normalized spacial score (nSPS) is 21.7. The van der Waals surface area contributed by atoms with Gasteiger partial charge in [-0.1, -0.05) is 60.2 Å². The third-order valence-corrected chi connectivity index (χ3v) is 5.81. The molecule has 2 unspecified atom stereocenters. The zero-order valence-corrected chi connectivity index (χ0v) is 17.4. The van der Waals surface area contributed by atoms with Crippen molar-refractivity contribution in [2.45, 2.75) is 37.7 Å². The first-order valence-corrected chi connectivity index (χ1v) is 10.6. The molecule has 1 aromatic carbocycles. The highest BCUT2D eigenvalue weighted by Crippen LogP contribution is 2.37. The van der Waals surface area contributed by atoms with E-state index in [9.17, 15) is 0 Å². The highest BCUT2D eigenvalue weighted by atomic mass is 35.5. The SMILES string of the molecule is COc1cccc(/C=C/C2C=CC=CC2c2ccc(Cl)cn2)c1OC1CCCC1. The van der Waals surface area contributed by atoms with E-state index in [4.69, 9.17) is 21.1 Å². The second-order valence-electron chi connectivity index (χ2n) is 7.54. The summed E-state index contributed by atoms with van der Waals surface area (Å²) in [7, 11) is 1.70. The van der Waals surface area contributed by atoms with E-state index < -0.39 is 0 Å². The quantitative estimate of drug-likeness (QED) is 0.540. The number of rotatable bonds is 6. The average molecular weight is 408 g/mol. The van der Waals surface area contributed by atoms with Gasteiger partial charge in [-0.3, -0.25) is 4.98 Å². The lowest BCUT2D eigenvalue weighted by atomic mass is 9.85. The topological polar surface area (TPSA) is 31.4 Å². The highest BCUT2D eigenvalue weighted by Gasteiger charge is 2.22. The Balaban J connectivity index is 1.59. The molecule has 150 valence electrons. The van der Waals surface area contributed by atoms with E-state index in [1.165, 1.54) is 12.8 Å². The first kappa shape index (κ1) is 19.8.